The number of rotatable bonds is 4. The summed E-state index contributed by atoms with van der Waals surface area (Å²) in [5, 5.41) is 13.1. The lowest BCUT2D eigenvalue weighted by Crippen LogP contribution is -2.45. The molecular weight excluding hydrogens is 250 g/mol. The number of carboxylic acids is 1. The Morgan fingerprint density at radius 3 is 2.55 bits per heavy atom. The predicted molar refractivity (Wildman–Crippen MR) is 78.5 cm³/mol. The molecule has 1 aromatic rings. The van der Waals surface area contributed by atoms with Crippen LogP contribution in [0, 0.1) is 24.7 Å². The standard InChI is InChI=1S/C17H23NO2/c1-10-3-5-12(6-4-10)11(2)18-16-14-8-7-13(9-14)15(16)17(19)20/h3-6,11,13-16,18H,7-9H2,1-2H3,(H,19,20). The highest BCUT2D eigenvalue weighted by molar-refractivity contribution is 5.72. The highest BCUT2D eigenvalue weighted by atomic mass is 16.4. The van der Waals surface area contributed by atoms with Crippen molar-refractivity contribution in [2.24, 2.45) is 17.8 Å². The lowest BCUT2D eigenvalue weighted by atomic mass is 9.84. The van der Waals surface area contributed by atoms with Gasteiger partial charge in [-0.15, -0.1) is 0 Å². The van der Waals surface area contributed by atoms with Crippen LogP contribution in [0.3, 0.4) is 0 Å². The number of carbonyl (C=O) groups is 1. The summed E-state index contributed by atoms with van der Waals surface area (Å²) in [6.07, 6.45) is 3.38. The van der Waals surface area contributed by atoms with Crippen LogP contribution in [0.15, 0.2) is 24.3 Å². The van der Waals surface area contributed by atoms with Crippen LogP contribution in [-0.2, 0) is 4.79 Å². The predicted octanol–water partition coefficient (Wildman–Crippen LogP) is 3.14. The number of benzene rings is 1. The fourth-order valence-corrected chi connectivity index (χ4v) is 4.13. The van der Waals surface area contributed by atoms with E-state index in [4.69, 9.17) is 0 Å². The summed E-state index contributed by atoms with van der Waals surface area (Å²) in [6.45, 7) is 4.22. The first-order valence-electron chi connectivity index (χ1n) is 7.61. The van der Waals surface area contributed by atoms with Crippen LogP contribution in [0.25, 0.3) is 0 Å². The third kappa shape index (κ3) is 2.35. The maximum absolute atomic E-state index is 11.5. The summed E-state index contributed by atoms with van der Waals surface area (Å²) < 4.78 is 0. The zero-order valence-corrected chi connectivity index (χ0v) is 12.2. The molecule has 5 unspecified atom stereocenters. The van der Waals surface area contributed by atoms with Crippen molar-refractivity contribution in [2.75, 3.05) is 0 Å². The normalized spacial score (nSPS) is 33.3. The molecule has 0 aliphatic heterocycles. The lowest BCUT2D eigenvalue weighted by Gasteiger charge is -2.31. The number of hydrogen-bond donors (Lipinski definition) is 2. The molecule has 0 radical (unpaired) electrons. The van der Waals surface area contributed by atoms with Gasteiger partial charge in [-0.05, 0) is 50.5 Å². The zero-order valence-electron chi connectivity index (χ0n) is 12.2. The van der Waals surface area contributed by atoms with Gasteiger partial charge in [-0.3, -0.25) is 4.79 Å². The maximum atomic E-state index is 11.5. The van der Waals surface area contributed by atoms with Gasteiger partial charge in [0.15, 0.2) is 0 Å². The fourth-order valence-electron chi connectivity index (χ4n) is 4.13. The minimum absolute atomic E-state index is 0.141. The summed E-state index contributed by atoms with van der Waals surface area (Å²) >= 11 is 0. The van der Waals surface area contributed by atoms with Gasteiger partial charge in [0.1, 0.15) is 0 Å². The largest absolute Gasteiger partial charge is 0.481 e. The van der Waals surface area contributed by atoms with Crippen molar-refractivity contribution in [1.82, 2.24) is 5.32 Å². The first kappa shape index (κ1) is 13.6. The van der Waals surface area contributed by atoms with E-state index in [-0.39, 0.29) is 18.0 Å². The number of carboxylic acid groups (broad SMARTS) is 1. The smallest absolute Gasteiger partial charge is 0.308 e. The number of nitrogens with one attached hydrogen (secondary N) is 1. The van der Waals surface area contributed by atoms with Crippen LogP contribution >= 0.6 is 0 Å². The summed E-state index contributed by atoms with van der Waals surface area (Å²) in [7, 11) is 0. The van der Waals surface area contributed by atoms with Crippen LogP contribution in [-0.4, -0.2) is 17.1 Å². The van der Waals surface area contributed by atoms with Crippen LogP contribution in [0.1, 0.15) is 43.4 Å². The Morgan fingerprint density at radius 2 is 1.90 bits per heavy atom. The Kier molecular flexibility index (Phi) is 3.55. The summed E-state index contributed by atoms with van der Waals surface area (Å²) in [5.41, 5.74) is 2.49. The highest BCUT2D eigenvalue weighted by Gasteiger charge is 2.51. The zero-order chi connectivity index (χ0) is 14.3. The van der Waals surface area contributed by atoms with E-state index in [1.54, 1.807) is 0 Å². The molecule has 3 heteroatoms. The average molecular weight is 273 g/mol. The van der Waals surface area contributed by atoms with E-state index in [0.717, 1.165) is 12.8 Å². The van der Waals surface area contributed by atoms with Crippen molar-refractivity contribution in [3.8, 4) is 0 Å². The third-order valence-electron chi connectivity index (χ3n) is 5.22. The first-order valence-corrected chi connectivity index (χ1v) is 7.61. The van der Waals surface area contributed by atoms with E-state index >= 15 is 0 Å². The SMILES string of the molecule is Cc1ccc(C(C)NC2C3CCC(C3)C2C(=O)O)cc1. The van der Waals surface area contributed by atoms with Gasteiger partial charge >= 0.3 is 5.97 Å². The highest BCUT2D eigenvalue weighted by Crippen LogP contribution is 2.49. The Bertz CT molecular complexity index is 496. The minimum atomic E-state index is -0.620. The van der Waals surface area contributed by atoms with Crippen LogP contribution in [0.5, 0.6) is 0 Å². The molecule has 5 atom stereocenters. The second-order valence-corrected chi connectivity index (χ2v) is 6.52. The molecule has 0 spiro atoms. The second kappa shape index (κ2) is 5.21. The quantitative estimate of drug-likeness (QED) is 0.886. The van der Waals surface area contributed by atoms with Crippen molar-refractivity contribution >= 4 is 5.97 Å². The molecule has 20 heavy (non-hydrogen) atoms. The molecule has 3 nitrogen and oxygen atoms in total. The van der Waals surface area contributed by atoms with Crippen molar-refractivity contribution in [3.05, 3.63) is 35.4 Å². The van der Waals surface area contributed by atoms with Gasteiger partial charge in [-0.2, -0.15) is 0 Å². The molecule has 2 fully saturated rings. The monoisotopic (exact) mass is 273 g/mol. The molecule has 2 aliphatic rings. The van der Waals surface area contributed by atoms with Gasteiger partial charge in [-0.25, -0.2) is 0 Å². The van der Waals surface area contributed by atoms with Gasteiger partial charge in [0.25, 0.3) is 0 Å². The summed E-state index contributed by atoms with van der Waals surface area (Å²) in [6, 6.07) is 8.85. The molecule has 2 saturated carbocycles. The molecule has 1 aromatic carbocycles. The van der Waals surface area contributed by atoms with Gasteiger partial charge in [0.2, 0.25) is 0 Å². The fraction of sp³-hybridized carbons (Fsp3) is 0.588. The minimum Gasteiger partial charge on any atom is -0.481 e. The molecule has 0 aromatic heterocycles. The molecule has 3 rings (SSSR count). The lowest BCUT2D eigenvalue weighted by molar-refractivity contribution is -0.144. The topological polar surface area (TPSA) is 49.3 Å². The summed E-state index contributed by atoms with van der Waals surface area (Å²) in [4.78, 5) is 11.5. The van der Waals surface area contributed by atoms with E-state index in [1.807, 2.05) is 0 Å². The van der Waals surface area contributed by atoms with Gasteiger partial charge in [0.05, 0.1) is 5.92 Å². The van der Waals surface area contributed by atoms with Crippen LogP contribution < -0.4 is 5.32 Å². The van der Waals surface area contributed by atoms with E-state index in [2.05, 4.69) is 43.4 Å². The Balaban J connectivity index is 1.73. The molecule has 2 N–H and O–H groups in total. The van der Waals surface area contributed by atoms with E-state index in [9.17, 15) is 9.90 Å². The van der Waals surface area contributed by atoms with Crippen molar-refractivity contribution in [1.29, 1.82) is 0 Å². The van der Waals surface area contributed by atoms with Crippen LogP contribution in [0.2, 0.25) is 0 Å². The second-order valence-electron chi connectivity index (χ2n) is 6.52. The molecule has 2 bridgehead atoms. The summed E-state index contributed by atoms with van der Waals surface area (Å²) in [5.74, 6) is 0.127. The molecule has 108 valence electrons. The molecule has 0 heterocycles. The van der Waals surface area contributed by atoms with Crippen molar-refractivity contribution < 1.29 is 9.90 Å². The molecule has 2 aliphatic carbocycles. The third-order valence-corrected chi connectivity index (χ3v) is 5.22. The Labute approximate surface area is 120 Å². The van der Waals surface area contributed by atoms with Crippen molar-refractivity contribution in [3.63, 3.8) is 0 Å². The molecule has 0 amide bonds. The number of aliphatic carboxylic acids is 1. The average Bonchev–Trinajstić information content (AvgIpc) is 3.00. The first-order chi connectivity index (χ1) is 9.56. The number of aryl methyl sites for hydroxylation is 1. The van der Waals surface area contributed by atoms with E-state index in [0.29, 0.717) is 11.8 Å². The van der Waals surface area contributed by atoms with Gasteiger partial charge in [0, 0.05) is 12.1 Å². The molecular formula is C17H23NO2. The van der Waals surface area contributed by atoms with Crippen molar-refractivity contribution in [2.45, 2.75) is 45.2 Å². The maximum Gasteiger partial charge on any atom is 0.308 e. The number of fused-ring (bicyclic) bond motifs is 2. The number of hydrogen-bond acceptors (Lipinski definition) is 2. The van der Waals surface area contributed by atoms with Gasteiger partial charge < -0.3 is 10.4 Å². The van der Waals surface area contributed by atoms with Crippen LogP contribution in [0.4, 0.5) is 0 Å². The Morgan fingerprint density at radius 1 is 1.25 bits per heavy atom. The Hall–Kier alpha value is -1.35. The van der Waals surface area contributed by atoms with E-state index in [1.165, 1.54) is 17.5 Å². The van der Waals surface area contributed by atoms with Gasteiger partial charge in [-0.1, -0.05) is 29.8 Å². The molecule has 0 saturated heterocycles. The van der Waals surface area contributed by atoms with E-state index < -0.39 is 5.97 Å².